The van der Waals surface area contributed by atoms with E-state index >= 15 is 0 Å². The summed E-state index contributed by atoms with van der Waals surface area (Å²) in [6.07, 6.45) is 14.2. The Hall–Kier alpha value is -1.74. The summed E-state index contributed by atoms with van der Waals surface area (Å²) in [5.74, 6) is 0.987. The summed E-state index contributed by atoms with van der Waals surface area (Å²) in [5, 5.41) is 10.2. The van der Waals surface area contributed by atoms with Gasteiger partial charge in [-0.05, 0) is 61.4 Å². The zero-order chi connectivity index (χ0) is 18.8. The van der Waals surface area contributed by atoms with Crippen LogP contribution in [0.1, 0.15) is 62.0 Å². The second-order valence-electron chi connectivity index (χ2n) is 8.19. The molecule has 1 saturated heterocycles. The van der Waals surface area contributed by atoms with Crippen LogP contribution in [0.4, 0.5) is 0 Å². The van der Waals surface area contributed by atoms with Gasteiger partial charge in [-0.15, -0.1) is 0 Å². The number of nitrogens with zero attached hydrogens (tertiary/aromatic N) is 1. The molecule has 1 heterocycles. The number of halogens is 1. The molecule has 1 aromatic rings. The van der Waals surface area contributed by atoms with Gasteiger partial charge in [-0.3, -0.25) is 4.79 Å². The SMILES string of the molecule is O=C1C(Cc2ccc(C3C=CC(O)=CC3)cc2Cl)CCN1C1CCCCC1. The van der Waals surface area contributed by atoms with Gasteiger partial charge in [-0.2, -0.15) is 0 Å². The van der Waals surface area contributed by atoms with Crippen LogP contribution >= 0.6 is 11.6 Å². The number of allylic oxidation sites excluding steroid dienone is 3. The second-order valence-corrected chi connectivity index (χ2v) is 8.60. The van der Waals surface area contributed by atoms with E-state index < -0.39 is 0 Å². The minimum atomic E-state index is 0.0738. The number of carbonyl (C=O) groups excluding carboxylic acids is 1. The first kappa shape index (κ1) is 18.6. The van der Waals surface area contributed by atoms with E-state index in [2.05, 4.69) is 17.0 Å². The highest BCUT2D eigenvalue weighted by Gasteiger charge is 2.36. The summed E-state index contributed by atoms with van der Waals surface area (Å²) in [4.78, 5) is 15.1. The molecule has 1 amide bonds. The number of hydrogen-bond acceptors (Lipinski definition) is 2. The van der Waals surface area contributed by atoms with Crippen molar-refractivity contribution >= 4 is 17.5 Å². The van der Waals surface area contributed by atoms with Crippen molar-refractivity contribution in [3.8, 4) is 0 Å². The molecule has 2 fully saturated rings. The summed E-state index contributed by atoms with van der Waals surface area (Å²) in [5.41, 5.74) is 2.23. The van der Waals surface area contributed by atoms with Crippen LogP contribution in [0.3, 0.4) is 0 Å². The van der Waals surface area contributed by atoms with Gasteiger partial charge in [0.25, 0.3) is 0 Å². The van der Waals surface area contributed by atoms with E-state index in [4.69, 9.17) is 11.6 Å². The van der Waals surface area contributed by atoms with E-state index in [1.807, 2.05) is 18.2 Å². The number of rotatable bonds is 4. The average Bonchev–Trinajstić information content (AvgIpc) is 3.05. The maximum atomic E-state index is 12.9. The molecule has 0 radical (unpaired) electrons. The highest BCUT2D eigenvalue weighted by atomic mass is 35.5. The lowest BCUT2D eigenvalue weighted by Crippen LogP contribution is -2.39. The Kier molecular flexibility index (Phi) is 5.58. The predicted molar refractivity (Wildman–Crippen MR) is 109 cm³/mol. The summed E-state index contributed by atoms with van der Waals surface area (Å²) >= 11 is 6.57. The fourth-order valence-electron chi connectivity index (χ4n) is 4.79. The van der Waals surface area contributed by atoms with Crippen LogP contribution in [-0.4, -0.2) is 28.5 Å². The summed E-state index contributed by atoms with van der Waals surface area (Å²) < 4.78 is 0. The lowest BCUT2D eigenvalue weighted by molar-refractivity contribution is -0.133. The van der Waals surface area contributed by atoms with Crippen molar-refractivity contribution in [1.29, 1.82) is 0 Å². The Bertz CT molecular complexity index is 764. The normalized spacial score (nSPS) is 26.5. The first-order chi connectivity index (χ1) is 13.1. The van der Waals surface area contributed by atoms with E-state index in [0.29, 0.717) is 17.7 Å². The molecule has 2 unspecified atom stereocenters. The topological polar surface area (TPSA) is 40.5 Å². The van der Waals surface area contributed by atoms with Gasteiger partial charge in [0.15, 0.2) is 0 Å². The van der Waals surface area contributed by atoms with Gasteiger partial charge in [0.2, 0.25) is 5.91 Å². The summed E-state index contributed by atoms with van der Waals surface area (Å²) in [7, 11) is 0. The summed E-state index contributed by atoms with van der Waals surface area (Å²) in [6, 6.07) is 6.70. The fourth-order valence-corrected chi connectivity index (χ4v) is 5.06. The van der Waals surface area contributed by atoms with Gasteiger partial charge in [0, 0.05) is 29.4 Å². The Morgan fingerprint density at radius 3 is 2.67 bits per heavy atom. The van der Waals surface area contributed by atoms with Crippen molar-refractivity contribution < 1.29 is 9.90 Å². The molecule has 1 aromatic carbocycles. The minimum Gasteiger partial charge on any atom is -0.508 e. The van der Waals surface area contributed by atoms with Crippen LogP contribution in [0.2, 0.25) is 5.02 Å². The van der Waals surface area contributed by atoms with Crippen LogP contribution in [0, 0.1) is 5.92 Å². The quantitative estimate of drug-likeness (QED) is 0.738. The molecule has 2 aliphatic carbocycles. The third-order valence-electron chi connectivity index (χ3n) is 6.42. The van der Waals surface area contributed by atoms with Crippen molar-refractivity contribution in [2.45, 2.75) is 63.3 Å². The molecule has 1 N–H and O–H groups in total. The molecule has 0 aromatic heterocycles. The highest BCUT2D eigenvalue weighted by Crippen LogP contribution is 2.33. The first-order valence-corrected chi connectivity index (χ1v) is 10.7. The van der Waals surface area contributed by atoms with Crippen LogP contribution in [0.25, 0.3) is 0 Å². The second kappa shape index (κ2) is 8.10. The Morgan fingerprint density at radius 1 is 1.15 bits per heavy atom. The fraction of sp³-hybridized carbons (Fsp3) is 0.522. The summed E-state index contributed by atoms with van der Waals surface area (Å²) in [6.45, 7) is 0.909. The Balaban J connectivity index is 1.41. The zero-order valence-electron chi connectivity index (χ0n) is 15.7. The van der Waals surface area contributed by atoms with Gasteiger partial charge < -0.3 is 10.0 Å². The van der Waals surface area contributed by atoms with Crippen LogP contribution in [0.5, 0.6) is 0 Å². The van der Waals surface area contributed by atoms with Crippen molar-refractivity contribution in [2.24, 2.45) is 5.92 Å². The van der Waals surface area contributed by atoms with Gasteiger partial charge in [-0.25, -0.2) is 0 Å². The molecule has 4 heteroatoms. The number of aliphatic hydroxyl groups excluding tert-OH is 1. The number of hydrogen-bond donors (Lipinski definition) is 1. The maximum absolute atomic E-state index is 12.9. The van der Waals surface area contributed by atoms with Gasteiger partial charge in [0.1, 0.15) is 5.76 Å². The molecule has 3 aliphatic rings. The Labute approximate surface area is 166 Å². The molecular formula is C23H28ClNO2. The molecule has 27 heavy (non-hydrogen) atoms. The average molecular weight is 386 g/mol. The number of benzene rings is 1. The Morgan fingerprint density at radius 2 is 1.96 bits per heavy atom. The molecular weight excluding hydrogens is 358 g/mol. The van der Waals surface area contributed by atoms with E-state index in [1.165, 1.54) is 32.1 Å². The van der Waals surface area contributed by atoms with Gasteiger partial charge in [-0.1, -0.05) is 49.1 Å². The van der Waals surface area contributed by atoms with Crippen molar-refractivity contribution in [3.05, 3.63) is 58.3 Å². The lowest BCUT2D eigenvalue weighted by atomic mass is 9.90. The van der Waals surface area contributed by atoms with Crippen LogP contribution in [0.15, 0.2) is 42.2 Å². The molecule has 0 bridgehead atoms. The lowest BCUT2D eigenvalue weighted by Gasteiger charge is -2.31. The number of amides is 1. The minimum absolute atomic E-state index is 0.0738. The van der Waals surface area contributed by atoms with E-state index in [9.17, 15) is 9.90 Å². The van der Waals surface area contributed by atoms with Crippen molar-refractivity contribution in [1.82, 2.24) is 4.90 Å². The van der Waals surface area contributed by atoms with Crippen LogP contribution < -0.4 is 0 Å². The smallest absolute Gasteiger partial charge is 0.226 e. The maximum Gasteiger partial charge on any atom is 0.226 e. The van der Waals surface area contributed by atoms with Crippen LogP contribution in [-0.2, 0) is 11.2 Å². The molecule has 144 valence electrons. The molecule has 1 saturated carbocycles. The van der Waals surface area contributed by atoms with Crippen molar-refractivity contribution in [2.75, 3.05) is 6.54 Å². The largest absolute Gasteiger partial charge is 0.508 e. The van der Waals surface area contributed by atoms with Gasteiger partial charge in [0.05, 0.1) is 0 Å². The van der Waals surface area contributed by atoms with E-state index in [0.717, 1.165) is 42.0 Å². The third-order valence-corrected chi connectivity index (χ3v) is 6.77. The first-order valence-electron chi connectivity index (χ1n) is 10.3. The molecule has 0 spiro atoms. The van der Waals surface area contributed by atoms with Crippen molar-refractivity contribution in [3.63, 3.8) is 0 Å². The molecule has 3 nitrogen and oxygen atoms in total. The van der Waals surface area contributed by atoms with Gasteiger partial charge >= 0.3 is 0 Å². The molecule has 1 aliphatic heterocycles. The number of aliphatic hydroxyl groups is 1. The number of likely N-dealkylation sites (tertiary alicyclic amines) is 1. The van der Waals surface area contributed by atoms with E-state index in [1.54, 1.807) is 6.08 Å². The number of carbonyl (C=O) groups is 1. The standard InChI is InChI=1S/C23H28ClNO2/c24-22-15-17(16-8-10-21(26)11-9-16)6-7-18(22)14-19-12-13-25(23(19)27)20-4-2-1-3-5-20/h6-8,10-11,15-16,19-20,26H,1-5,9,12-14H2. The van der Waals surface area contributed by atoms with E-state index in [-0.39, 0.29) is 11.8 Å². The zero-order valence-corrected chi connectivity index (χ0v) is 16.5. The highest BCUT2D eigenvalue weighted by molar-refractivity contribution is 6.31. The monoisotopic (exact) mass is 385 g/mol. The third kappa shape index (κ3) is 4.08. The molecule has 4 rings (SSSR count). The predicted octanol–water partition coefficient (Wildman–Crippen LogP) is 5.55. The molecule has 2 atom stereocenters.